The lowest BCUT2D eigenvalue weighted by Gasteiger charge is -2.25. The van der Waals surface area contributed by atoms with Gasteiger partial charge in [-0.25, -0.2) is 0 Å². The monoisotopic (exact) mass is 766 g/mol. The standard InChI is InChI=1S/C56H38N4/c1-6-19-41(20-7-1)57(42-21-8-2-9-22-42)46-32-34-52-48(37-46)49-36-40-31-30-39-18-16-17-29-51(39)60-53-35-33-47(58(43-23-10-3-11-24-43)44-25-12-4-13-26-44)38-50(53)54(55(40)60)56(49)59(52)45-27-14-5-15-28-45/h1-38H. The van der Waals surface area contributed by atoms with Gasteiger partial charge in [-0.3, -0.25) is 0 Å². The molecule has 0 unspecified atom stereocenters. The van der Waals surface area contributed by atoms with Crippen molar-refractivity contribution in [1.29, 1.82) is 0 Å². The van der Waals surface area contributed by atoms with Gasteiger partial charge in [0.15, 0.2) is 0 Å². The molecule has 1 aliphatic rings. The Kier molecular flexibility index (Phi) is 7.82. The first-order chi connectivity index (χ1) is 29.8. The minimum absolute atomic E-state index is 1.10. The highest BCUT2D eigenvalue weighted by Crippen LogP contribution is 2.48. The Balaban J connectivity index is 1.23. The smallest absolute Gasteiger partial charge is 0.0641 e. The van der Waals surface area contributed by atoms with Crippen molar-refractivity contribution >= 4 is 89.9 Å². The molecule has 4 nitrogen and oxygen atoms in total. The lowest BCUT2D eigenvalue weighted by Crippen LogP contribution is -2.09. The summed E-state index contributed by atoms with van der Waals surface area (Å²) in [6.07, 6.45) is 4.60. The van der Waals surface area contributed by atoms with Crippen LogP contribution in [0.5, 0.6) is 0 Å². The summed E-state index contributed by atoms with van der Waals surface area (Å²) < 4.78 is 4.99. The van der Waals surface area contributed by atoms with Crippen molar-refractivity contribution in [3.63, 3.8) is 0 Å². The van der Waals surface area contributed by atoms with E-state index in [1.165, 1.54) is 54.9 Å². The molecule has 11 aromatic rings. The van der Waals surface area contributed by atoms with E-state index in [0.29, 0.717) is 0 Å². The molecule has 0 saturated heterocycles. The average Bonchev–Trinajstić information content (AvgIpc) is 3.76. The summed E-state index contributed by atoms with van der Waals surface area (Å²) in [5.74, 6) is 0. The lowest BCUT2D eigenvalue weighted by atomic mass is 10.0. The van der Waals surface area contributed by atoms with E-state index in [4.69, 9.17) is 0 Å². The second kappa shape index (κ2) is 13.8. The summed E-state index contributed by atoms with van der Waals surface area (Å²) in [6, 6.07) is 78.8. The highest BCUT2D eigenvalue weighted by atomic mass is 15.1. The number of aromatic nitrogens is 2. The Hall–Kier alpha value is -8.08. The minimum Gasteiger partial charge on any atom is -0.310 e. The molecule has 4 heteroatoms. The van der Waals surface area contributed by atoms with Crippen molar-refractivity contribution in [3.8, 4) is 11.4 Å². The largest absolute Gasteiger partial charge is 0.310 e. The van der Waals surface area contributed by atoms with E-state index >= 15 is 0 Å². The normalized spacial score (nSPS) is 11.9. The van der Waals surface area contributed by atoms with Crippen molar-refractivity contribution in [2.24, 2.45) is 0 Å². The molecule has 1 aliphatic heterocycles. The van der Waals surface area contributed by atoms with Crippen molar-refractivity contribution in [1.82, 2.24) is 9.13 Å². The van der Waals surface area contributed by atoms with Crippen LogP contribution in [0.3, 0.4) is 0 Å². The highest BCUT2D eigenvalue weighted by Gasteiger charge is 2.27. The fraction of sp³-hybridized carbons (Fsp3) is 0. The molecule has 282 valence electrons. The number of fused-ring (bicyclic) bond motifs is 9. The van der Waals surface area contributed by atoms with Gasteiger partial charge in [0.05, 0.1) is 27.8 Å². The lowest BCUT2D eigenvalue weighted by molar-refractivity contribution is 1.17. The molecule has 0 amide bonds. The average molecular weight is 767 g/mol. The Bertz CT molecular complexity index is 3330. The van der Waals surface area contributed by atoms with Gasteiger partial charge in [0.25, 0.3) is 0 Å². The zero-order valence-corrected chi connectivity index (χ0v) is 32.7. The van der Waals surface area contributed by atoms with E-state index in [1.54, 1.807) is 0 Å². The Morgan fingerprint density at radius 3 is 1.30 bits per heavy atom. The number of hydrogen-bond acceptors (Lipinski definition) is 2. The highest BCUT2D eigenvalue weighted by molar-refractivity contribution is 6.29. The maximum atomic E-state index is 2.50. The van der Waals surface area contributed by atoms with Crippen LogP contribution < -0.4 is 9.80 Å². The molecule has 0 radical (unpaired) electrons. The van der Waals surface area contributed by atoms with E-state index in [9.17, 15) is 0 Å². The van der Waals surface area contributed by atoms with Gasteiger partial charge < -0.3 is 18.9 Å². The van der Waals surface area contributed by atoms with Gasteiger partial charge in [-0.1, -0.05) is 121 Å². The number of rotatable bonds is 7. The van der Waals surface area contributed by atoms with Crippen LogP contribution in [-0.2, 0) is 0 Å². The molecule has 12 rings (SSSR count). The fourth-order valence-corrected chi connectivity index (χ4v) is 9.43. The Morgan fingerprint density at radius 2 is 0.750 bits per heavy atom. The molecule has 0 atom stereocenters. The number of nitrogens with zero attached hydrogens (tertiary/aromatic N) is 4. The van der Waals surface area contributed by atoms with Gasteiger partial charge in [-0.2, -0.15) is 0 Å². The van der Waals surface area contributed by atoms with Gasteiger partial charge in [-0.05, 0) is 120 Å². The third-order valence-corrected chi connectivity index (χ3v) is 12.0. The molecule has 0 spiro atoms. The van der Waals surface area contributed by atoms with Gasteiger partial charge >= 0.3 is 0 Å². The first kappa shape index (κ1) is 34.0. The van der Waals surface area contributed by atoms with E-state index < -0.39 is 0 Å². The number of benzene rings is 9. The van der Waals surface area contributed by atoms with Crippen LogP contribution in [-0.4, -0.2) is 9.13 Å². The predicted octanol–water partition coefficient (Wildman–Crippen LogP) is 15.3. The quantitative estimate of drug-likeness (QED) is 0.161. The molecule has 2 aromatic heterocycles. The molecule has 9 aromatic carbocycles. The van der Waals surface area contributed by atoms with E-state index in [2.05, 4.69) is 249 Å². The van der Waals surface area contributed by atoms with Gasteiger partial charge in [0, 0.05) is 61.4 Å². The zero-order chi connectivity index (χ0) is 39.6. The second-order valence-electron chi connectivity index (χ2n) is 15.4. The summed E-state index contributed by atoms with van der Waals surface area (Å²) >= 11 is 0. The predicted molar refractivity (Wildman–Crippen MR) is 253 cm³/mol. The van der Waals surface area contributed by atoms with E-state index in [0.717, 1.165) is 45.3 Å². The molecule has 0 fully saturated rings. The third kappa shape index (κ3) is 5.32. The zero-order valence-electron chi connectivity index (χ0n) is 32.7. The molecular formula is C56H38N4. The summed E-state index contributed by atoms with van der Waals surface area (Å²) in [5.41, 5.74) is 16.1. The first-order valence-electron chi connectivity index (χ1n) is 20.5. The molecular weight excluding hydrogens is 729 g/mol. The topological polar surface area (TPSA) is 16.3 Å². The Morgan fingerprint density at radius 1 is 0.300 bits per heavy atom. The Labute approximate surface area is 348 Å². The van der Waals surface area contributed by atoms with Gasteiger partial charge in [0.1, 0.15) is 0 Å². The first-order valence-corrected chi connectivity index (χ1v) is 20.5. The maximum Gasteiger partial charge on any atom is 0.0641 e. The van der Waals surface area contributed by atoms with Crippen molar-refractivity contribution < 1.29 is 0 Å². The molecule has 0 saturated carbocycles. The van der Waals surface area contributed by atoms with Gasteiger partial charge in [-0.15, -0.1) is 0 Å². The van der Waals surface area contributed by atoms with Crippen LogP contribution in [0.4, 0.5) is 34.1 Å². The molecule has 0 bridgehead atoms. The molecule has 0 N–H and O–H groups in total. The fourth-order valence-electron chi connectivity index (χ4n) is 9.43. The van der Waals surface area contributed by atoms with E-state index in [1.807, 2.05) is 0 Å². The summed E-state index contributed by atoms with van der Waals surface area (Å²) in [5, 5.41) is 4.84. The van der Waals surface area contributed by atoms with Crippen LogP contribution >= 0.6 is 0 Å². The number of para-hydroxylation sites is 6. The van der Waals surface area contributed by atoms with Crippen LogP contribution in [0, 0.1) is 0 Å². The van der Waals surface area contributed by atoms with Crippen molar-refractivity contribution in [3.05, 3.63) is 230 Å². The van der Waals surface area contributed by atoms with Gasteiger partial charge in [0.2, 0.25) is 0 Å². The molecule has 0 aliphatic carbocycles. The number of hydrogen-bond donors (Lipinski definition) is 0. The summed E-state index contributed by atoms with van der Waals surface area (Å²) in [4.78, 5) is 4.72. The van der Waals surface area contributed by atoms with Crippen LogP contribution in [0.25, 0.3) is 67.1 Å². The van der Waals surface area contributed by atoms with Crippen molar-refractivity contribution in [2.75, 3.05) is 9.80 Å². The summed E-state index contributed by atoms with van der Waals surface area (Å²) in [7, 11) is 0. The maximum absolute atomic E-state index is 2.50. The van der Waals surface area contributed by atoms with Crippen LogP contribution in [0.15, 0.2) is 218 Å². The third-order valence-electron chi connectivity index (χ3n) is 12.0. The second-order valence-corrected chi connectivity index (χ2v) is 15.4. The summed E-state index contributed by atoms with van der Waals surface area (Å²) in [6.45, 7) is 0. The minimum atomic E-state index is 1.10. The van der Waals surface area contributed by atoms with E-state index in [-0.39, 0.29) is 0 Å². The SMILES string of the molecule is C1=Cc2cc3c4cc(N(c5ccccc5)c5ccccc5)ccc4n(-c4ccccc4)c3c3c4cc(N(c5ccccc5)c5ccccc5)ccc4n(c23)-c2ccccc21. The van der Waals surface area contributed by atoms with Crippen molar-refractivity contribution in [2.45, 2.75) is 0 Å². The number of anilines is 6. The molecule has 60 heavy (non-hydrogen) atoms. The molecule has 3 heterocycles. The van der Waals surface area contributed by atoms with Crippen LogP contribution in [0.2, 0.25) is 0 Å². The van der Waals surface area contributed by atoms with Crippen LogP contribution in [0.1, 0.15) is 11.1 Å².